The molecule has 7 atom stereocenters. The highest BCUT2D eigenvalue weighted by Crippen LogP contribution is 2.58. The van der Waals surface area contributed by atoms with E-state index in [1.54, 1.807) is 0 Å². The Kier molecular flexibility index (Phi) is 3.60. The number of hydrogen-bond acceptors (Lipinski definition) is 3. The van der Waals surface area contributed by atoms with E-state index in [0.717, 1.165) is 24.8 Å². The Balaban J connectivity index is 1.75. The average Bonchev–Trinajstić information content (AvgIpc) is 2.81. The Hall–Kier alpha value is -1.95. The van der Waals surface area contributed by atoms with Crippen molar-refractivity contribution in [2.45, 2.75) is 39.0 Å². The van der Waals surface area contributed by atoms with Crippen LogP contribution < -0.4 is 0 Å². The Morgan fingerprint density at radius 2 is 1.67 bits per heavy atom. The number of carbonyl (C=O) groups is 2. The van der Waals surface area contributed by atoms with E-state index in [0.29, 0.717) is 23.3 Å². The van der Waals surface area contributed by atoms with Gasteiger partial charge in [-0.1, -0.05) is 26.0 Å². The SMILES string of the molecule is CC1CC2CC(C)C(c3ccc(C#N)cc3)C3C(=O)C(=O)C(C1)C23. The molecule has 0 N–H and O–H groups in total. The second kappa shape index (κ2) is 5.55. The van der Waals surface area contributed by atoms with Crippen molar-refractivity contribution in [2.24, 2.45) is 35.5 Å². The van der Waals surface area contributed by atoms with E-state index in [9.17, 15) is 9.59 Å². The van der Waals surface area contributed by atoms with Crippen LogP contribution in [-0.4, -0.2) is 11.6 Å². The van der Waals surface area contributed by atoms with Crippen molar-refractivity contribution in [3.05, 3.63) is 35.4 Å². The zero-order valence-corrected chi connectivity index (χ0v) is 14.2. The fourth-order valence-electron chi connectivity index (χ4n) is 5.99. The lowest BCUT2D eigenvalue weighted by Crippen LogP contribution is -2.42. The van der Waals surface area contributed by atoms with Crippen LogP contribution in [0.4, 0.5) is 0 Å². The van der Waals surface area contributed by atoms with Gasteiger partial charge in [-0.2, -0.15) is 5.26 Å². The van der Waals surface area contributed by atoms with Crippen LogP contribution in [-0.2, 0) is 9.59 Å². The molecule has 3 fully saturated rings. The normalized spacial score (nSPS) is 41.0. The third-order valence-corrected chi connectivity index (χ3v) is 6.77. The molecule has 0 bridgehead atoms. The summed E-state index contributed by atoms with van der Waals surface area (Å²) >= 11 is 0. The topological polar surface area (TPSA) is 57.9 Å². The summed E-state index contributed by atoms with van der Waals surface area (Å²) in [7, 11) is 0. The van der Waals surface area contributed by atoms with Gasteiger partial charge in [0.15, 0.2) is 0 Å². The molecule has 0 saturated heterocycles. The van der Waals surface area contributed by atoms with E-state index in [-0.39, 0.29) is 35.2 Å². The van der Waals surface area contributed by atoms with Crippen LogP contribution in [0.1, 0.15) is 50.2 Å². The first-order valence-electron chi connectivity index (χ1n) is 9.09. The number of nitrogens with zero attached hydrogens (tertiary/aromatic N) is 1. The Bertz CT molecular complexity index is 729. The lowest BCUT2D eigenvalue weighted by atomic mass is 9.55. The highest BCUT2D eigenvalue weighted by atomic mass is 16.2. The summed E-state index contributed by atoms with van der Waals surface area (Å²) in [6, 6.07) is 9.77. The molecule has 24 heavy (non-hydrogen) atoms. The molecule has 3 saturated carbocycles. The quantitative estimate of drug-likeness (QED) is 0.741. The number of carbonyl (C=O) groups excluding carboxylic acids is 2. The third-order valence-electron chi connectivity index (χ3n) is 6.77. The Morgan fingerprint density at radius 1 is 0.958 bits per heavy atom. The van der Waals surface area contributed by atoms with Crippen LogP contribution in [0.2, 0.25) is 0 Å². The molecule has 4 rings (SSSR count). The molecule has 1 aromatic carbocycles. The minimum atomic E-state index is -0.142. The van der Waals surface area contributed by atoms with E-state index in [1.807, 2.05) is 24.3 Å². The second-order valence-corrected chi connectivity index (χ2v) is 8.25. The molecular weight excluding hydrogens is 298 g/mol. The van der Waals surface area contributed by atoms with Crippen molar-refractivity contribution in [3.8, 4) is 6.07 Å². The summed E-state index contributed by atoms with van der Waals surface area (Å²) in [6.07, 6.45) is 3.15. The molecule has 3 aliphatic rings. The van der Waals surface area contributed by atoms with E-state index >= 15 is 0 Å². The van der Waals surface area contributed by atoms with E-state index < -0.39 is 0 Å². The summed E-state index contributed by atoms with van der Waals surface area (Å²) in [5, 5.41) is 9.00. The van der Waals surface area contributed by atoms with E-state index in [1.165, 1.54) is 0 Å². The highest BCUT2D eigenvalue weighted by Gasteiger charge is 2.60. The largest absolute Gasteiger partial charge is 0.291 e. The molecule has 0 heterocycles. The number of ketones is 2. The first kappa shape index (κ1) is 15.6. The first-order chi connectivity index (χ1) is 11.5. The van der Waals surface area contributed by atoms with Gasteiger partial charge in [-0.3, -0.25) is 9.59 Å². The summed E-state index contributed by atoms with van der Waals surface area (Å²) in [5.41, 5.74) is 1.75. The van der Waals surface area contributed by atoms with Crippen molar-refractivity contribution >= 4 is 11.6 Å². The van der Waals surface area contributed by atoms with Gasteiger partial charge < -0.3 is 0 Å². The molecule has 3 heteroatoms. The monoisotopic (exact) mass is 321 g/mol. The van der Waals surface area contributed by atoms with Gasteiger partial charge >= 0.3 is 0 Å². The lowest BCUT2D eigenvalue weighted by molar-refractivity contribution is -0.137. The Morgan fingerprint density at radius 3 is 2.33 bits per heavy atom. The first-order valence-corrected chi connectivity index (χ1v) is 9.09. The number of nitriles is 1. The Labute approximate surface area is 143 Å². The number of hydrogen-bond donors (Lipinski definition) is 0. The molecule has 0 aromatic heterocycles. The molecule has 0 aliphatic heterocycles. The van der Waals surface area contributed by atoms with Gasteiger partial charge in [0.1, 0.15) is 0 Å². The number of Topliss-reactive ketones (excluding diaryl/α,β-unsaturated/α-hetero) is 2. The summed E-state index contributed by atoms with van der Waals surface area (Å²) < 4.78 is 0. The van der Waals surface area contributed by atoms with Crippen LogP contribution in [0.25, 0.3) is 0 Å². The molecular formula is C21H23NO2. The molecule has 0 amide bonds. The van der Waals surface area contributed by atoms with E-state index in [2.05, 4.69) is 19.9 Å². The maximum Gasteiger partial charge on any atom is 0.202 e. The third kappa shape index (κ3) is 2.16. The van der Waals surface area contributed by atoms with E-state index in [4.69, 9.17) is 5.26 Å². The smallest absolute Gasteiger partial charge is 0.202 e. The fraction of sp³-hybridized carbons (Fsp3) is 0.571. The molecule has 7 unspecified atom stereocenters. The molecule has 1 aromatic rings. The minimum absolute atomic E-state index is 0.0374. The van der Waals surface area contributed by atoms with Gasteiger partial charge in [0.2, 0.25) is 11.6 Å². The van der Waals surface area contributed by atoms with Crippen molar-refractivity contribution in [3.63, 3.8) is 0 Å². The summed E-state index contributed by atoms with van der Waals surface area (Å²) in [4.78, 5) is 25.5. The highest BCUT2D eigenvalue weighted by molar-refractivity contribution is 6.41. The maximum atomic E-state index is 12.8. The van der Waals surface area contributed by atoms with Crippen LogP contribution in [0.5, 0.6) is 0 Å². The fourth-order valence-corrected chi connectivity index (χ4v) is 5.99. The lowest BCUT2D eigenvalue weighted by Gasteiger charge is -2.48. The molecule has 3 aliphatic carbocycles. The molecule has 3 nitrogen and oxygen atoms in total. The second-order valence-electron chi connectivity index (χ2n) is 8.25. The van der Waals surface area contributed by atoms with Crippen molar-refractivity contribution in [2.75, 3.05) is 0 Å². The van der Waals surface area contributed by atoms with Crippen LogP contribution in [0.3, 0.4) is 0 Å². The van der Waals surface area contributed by atoms with Crippen molar-refractivity contribution < 1.29 is 9.59 Å². The van der Waals surface area contributed by atoms with Gasteiger partial charge in [-0.15, -0.1) is 0 Å². The van der Waals surface area contributed by atoms with Gasteiger partial charge in [-0.05, 0) is 66.5 Å². The standard InChI is InChI=1S/C21H23NO2/c1-11-7-15-9-12(2)17(14-5-3-13(10-22)4-6-14)19-18(15)16(8-11)20(23)21(19)24/h3-6,11-12,15-19H,7-9H2,1-2H3. The van der Waals surface area contributed by atoms with Gasteiger partial charge in [0, 0.05) is 11.8 Å². The molecule has 0 spiro atoms. The van der Waals surface area contributed by atoms with Crippen molar-refractivity contribution in [1.82, 2.24) is 0 Å². The average molecular weight is 321 g/mol. The summed E-state index contributed by atoms with van der Waals surface area (Å²) in [6.45, 7) is 4.45. The van der Waals surface area contributed by atoms with Crippen molar-refractivity contribution in [1.29, 1.82) is 5.26 Å². The minimum Gasteiger partial charge on any atom is -0.291 e. The zero-order chi connectivity index (χ0) is 17.0. The number of benzene rings is 1. The molecule has 0 radical (unpaired) electrons. The van der Waals surface area contributed by atoms with Crippen LogP contribution in [0, 0.1) is 46.8 Å². The predicted octanol–water partition coefficient (Wildman–Crippen LogP) is 3.73. The maximum absolute atomic E-state index is 12.8. The van der Waals surface area contributed by atoms with Gasteiger partial charge in [0.05, 0.1) is 11.6 Å². The van der Waals surface area contributed by atoms with Crippen LogP contribution >= 0.6 is 0 Å². The predicted molar refractivity (Wildman–Crippen MR) is 90.1 cm³/mol. The zero-order valence-electron chi connectivity index (χ0n) is 14.2. The van der Waals surface area contributed by atoms with Gasteiger partial charge in [-0.25, -0.2) is 0 Å². The molecule has 124 valence electrons. The summed E-state index contributed by atoms with van der Waals surface area (Å²) in [5.74, 6) is 1.42. The number of rotatable bonds is 1. The van der Waals surface area contributed by atoms with Gasteiger partial charge in [0.25, 0.3) is 0 Å². The van der Waals surface area contributed by atoms with Crippen LogP contribution in [0.15, 0.2) is 24.3 Å².